The molecule has 0 spiro atoms. The van der Waals surface area contributed by atoms with Gasteiger partial charge in [-0.25, -0.2) is 0 Å². The topological polar surface area (TPSA) is 26.3 Å². The van der Waals surface area contributed by atoms with Crippen molar-refractivity contribution in [1.29, 1.82) is 0 Å². The van der Waals surface area contributed by atoms with Crippen molar-refractivity contribution < 1.29 is 9.22 Å². The van der Waals surface area contributed by atoms with E-state index in [0.717, 1.165) is 5.92 Å². The summed E-state index contributed by atoms with van der Waals surface area (Å²) in [6.07, 6.45) is 11.7. The fraction of sp³-hybridized carbons (Fsp3) is 0.808. The molecule has 2 saturated carbocycles. The quantitative estimate of drug-likeness (QED) is 0.451. The zero-order chi connectivity index (χ0) is 21.4. The second-order valence-corrected chi connectivity index (χ2v) is 17.4. The Morgan fingerprint density at radius 2 is 1.76 bits per heavy atom. The van der Waals surface area contributed by atoms with E-state index in [1.54, 1.807) is 0 Å². The van der Waals surface area contributed by atoms with E-state index >= 15 is 0 Å². The lowest BCUT2D eigenvalue weighted by Crippen LogP contribution is -2.57. The summed E-state index contributed by atoms with van der Waals surface area (Å²) in [5.74, 6) is 2.34. The van der Waals surface area contributed by atoms with Gasteiger partial charge in [0, 0.05) is 11.8 Å². The van der Waals surface area contributed by atoms with Gasteiger partial charge in [0.15, 0.2) is 14.1 Å². The van der Waals surface area contributed by atoms with E-state index in [1.807, 2.05) is 6.08 Å². The van der Waals surface area contributed by atoms with Crippen LogP contribution in [0.4, 0.5) is 0 Å². The third-order valence-electron chi connectivity index (χ3n) is 9.97. The number of hydrogen-bond acceptors (Lipinski definition) is 2. The van der Waals surface area contributed by atoms with Crippen LogP contribution in [0, 0.1) is 28.6 Å². The summed E-state index contributed by atoms with van der Waals surface area (Å²) < 4.78 is 7.05. The van der Waals surface area contributed by atoms with Gasteiger partial charge in [0.25, 0.3) is 0 Å². The van der Waals surface area contributed by atoms with Gasteiger partial charge in [-0.1, -0.05) is 52.7 Å². The average molecular weight is 415 g/mol. The monoisotopic (exact) mass is 414 g/mol. The van der Waals surface area contributed by atoms with Crippen LogP contribution in [0.2, 0.25) is 18.1 Å². The maximum atomic E-state index is 12.7. The Balaban J connectivity index is 1.78. The zero-order valence-corrected chi connectivity index (χ0v) is 21.0. The zero-order valence-electron chi connectivity index (χ0n) is 20.0. The van der Waals surface area contributed by atoms with Crippen molar-refractivity contribution in [2.75, 3.05) is 0 Å². The molecule has 0 aromatic rings. The first-order chi connectivity index (χ1) is 13.3. The summed E-state index contributed by atoms with van der Waals surface area (Å²) in [5, 5.41) is 0.157. The molecular weight excluding hydrogens is 372 g/mol. The Labute approximate surface area is 179 Å². The molecular formula is C26H42O2Si. The first-order valence-electron chi connectivity index (χ1n) is 11.9. The molecule has 0 bridgehead atoms. The first kappa shape index (κ1) is 21.6. The van der Waals surface area contributed by atoms with E-state index in [0.29, 0.717) is 23.7 Å². The normalized spacial score (nSPS) is 42.6. The van der Waals surface area contributed by atoms with Gasteiger partial charge in [0.05, 0.1) is 6.10 Å². The molecule has 0 aliphatic heterocycles. The van der Waals surface area contributed by atoms with Gasteiger partial charge in [-0.05, 0) is 85.6 Å². The average Bonchev–Trinajstić information content (AvgIpc) is 2.97. The molecule has 4 aliphatic carbocycles. The Morgan fingerprint density at radius 1 is 1.07 bits per heavy atom. The van der Waals surface area contributed by atoms with Crippen molar-refractivity contribution in [1.82, 2.24) is 0 Å². The van der Waals surface area contributed by atoms with Gasteiger partial charge in [0.1, 0.15) is 0 Å². The third-order valence-corrected chi connectivity index (χ3v) is 14.5. The second-order valence-electron chi connectivity index (χ2n) is 12.6. The predicted molar refractivity (Wildman–Crippen MR) is 123 cm³/mol. The van der Waals surface area contributed by atoms with Crippen molar-refractivity contribution in [2.24, 2.45) is 28.6 Å². The van der Waals surface area contributed by atoms with Crippen molar-refractivity contribution >= 4 is 14.1 Å². The molecule has 0 saturated heterocycles. The third kappa shape index (κ3) is 3.17. The molecule has 0 aromatic heterocycles. The number of carbonyl (C=O) groups is 1. The van der Waals surface area contributed by atoms with E-state index in [9.17, 15) is 4.79 Å². The van der Waals surface area contributed by atoms with Crippen molar-refractivity contribution in [2.45, 2.75) is 104 Å². The molecule has 3 heteroatoms. The number of allylic oxidation sites excluding steroid dienone is 3. The van der Waals surface area contributed by atoms with Crippen molar-refractivity contribution in [3.63, 3.8) is 0 Å². The van der Waals surface area contributed by atoms with Crippen molar-refractivity contribution in [3.8, 4) is 0 Å². The van der Waals surface area contributed by atoms with E-state index < -0.39 is 8.32 Å². The van der Waals surface area contributed by atoms with Gasteiger partial charge < -0.3 is 4.43 Å². The fourth-order valence-electron chi connectivity index (χ4n) is 7.09. The van der Waals surface area contributed by atoms with E-state index in [4.69, 9.17) is 4.43 Å². The van der Waals surface area contributed by atoms with Gasteiger partial charge in [-0.15, -0.1) is 0 Å². The number of fused-ring (bicyclic) bond motifs is 5. The SMILES string of the molecule is CC1=CC2=CC(=O)CC(O[Si](C)(C)C(C)(C)C)[C@]2(C)[C@H]2CC[C@]3(C)CCC[C@H]3[C@H]12. The highest BCUT2D eigenvalue weighted by Gasteiger charge is 2.60. The van der Waals surface area contributed by atoms with Crippen LogP contribution in [-0.4, -0.2) is 20.2 Å². The summed E-state index contributed by atoms with van der Waals surface area (Å²) in [7, 11) is -1.96. The molecule has 2 nitrogen and oxygen atoms in total. The summed E-state index contributed by atoms with van der Waals surface area (Å²) in [4.78, 5) is 12.7. The first-order valence-corrected chi connectivity index (χ1v) is 14.8. The van der Waals surface area contributed by atoms with Crippen LogP contribution < -0.4 is 0 Å². The molecule has 162 valence electrons. The molecule has 0 aromatic carbocycles. The van der Waals surface area contributed by atoms with Crippen LogP contribution in [0.5, 0.6) is 0 Å². The molecule has 6 atom stereocenters. The molecule has 2 fully saturated rings. The second kappa shape index (κ2) is 6.66. The molecule has 0 amide bonds. The highest BCUT2D eigenvalue weighted by atomic mass is 28.4. The highest BCUT2D eigenvalue weighted by molar-refractivity contribution is 6.74. The lowest BCUT2D eigenvalue weighted by atomic mass is 9.47. The minimum Gasteiger partial charge on any atom is -0.413 e. The number of carbonyl (C=O) groups excluding carboxylic acids is 1. The molecule has 4 aliphatic rings. The van der Waals surface area contributed by atoms with Crippen LogP contribution in [0.25, 0.3) is 0 Å². The van der Waals surface area contributed by atoms with Gasteiger partial charge in [-0.3, -0.25) is 4.79 Å². The summed E-state index contributed by atoms with van der Waals surface area (Å²) >= 11 is 0. The minimum absolute atomic E-state index is 0.0264. The molecule has 0 N–H and O–H groups in total. The van der Waals surface area contributed by atoms with Crippen LogP contribution in [0.3, 0.4) is 0 Å². The number of rotatable bonds is 2. The molecule has 0 heterocycles. The Hall–Kier alpha value is -0.673. The maximum absolute atomic E-state index is 12.7. The van der Waals surface area contributed by atoms with Crippen LogP contribution >= 0.6 is 0 Å². The van der Waals surface area contributed by atoms with E-state index in [-0.39, 0.29) is 22.3 Å². The number of hydrogen-bond donors (Lipinski definition) is 0. The van der Waals surface area contributed by atoms with Gasteiger partial charge >= 0.3 is 0 Å². The van der Waals surface area contributed by atoms with Crippen molar-refractivity contribution in [3.05, 3.63) is 23.3 Å². The molecule has 4 rings (SSSR count). The standard InChI is InChI=1S/C26H42O2Si/c1-17-14-18-15-19(27)16-22(28-29(7,8)24(2,3)4)26(18,6)21-11-13-25(5)12-9-10-20(25)23(17)21/h14-15,20-23H,9-13,16H2,1-8H3/t20-,21-,22?,23-,25-,26-/m0/s1. The summed E-state index contributed by atoms with van der Waals surface area (Å²) in [5.41, 5.74) is 3.28. The maximum Gasteiger partial charge on any atom is 0.192 e. The minimum atomic E-state index is -1.96. The lowest BCUT2D eigenvalue weighted by Gasteiger charge is -2.59. The number of ketones is 1. The Bertz CT molecular complexity index is 770. The van der Waals surface area contributed by atoms with Gasteiger partial charge in [0.2, 0.25) is 0 Å². The van der Waals surface area contributed by atoms with Crippen LogP contribution in [0.15, 0.2) is 23.3 Å². The predicted octanol–water partition coefficient (Wildman–Crippen LogP) is 7.07. The smallest absolute Gasteiger partial charge is 0.192 e. The molecule has 1 unspecified atom stereocenters. The molecule has 0 radical (unpaired) electrons. The van der Waals surface area contributed by atoms with E-state index in [1.165, 1.54) is 43.3 Å². The highest BCUT2D eigenvalue weighted by Crippen LogP contribution is 2.65. The summed E-state index contributed by atoms with van der Waals surface area (Å²) in [6.45, 7) is 18.9. The lowest BCUT2D eigenvalue weighted by molar-refractivity contribution is -0.122. The van der Waals surface area contributed by atoms with Crippen LogP contribution in [-0.2, 0) is 9.22 Å². The van der Waals surface area contributed by atoms with Crippen LogP contribution in [0.1, 0.15) is 80.1 Å². The molecule has 29 heavy (non-hydrogen) atoms. The Morgan fingerprint density at radius 3 is 2.41 bits per heavy atom. The van der Waals surface area contributed by atoms with E-state index in [2.05, 4.69) is 60.7 Å². The Kier molecular flexibility index (Phi) is 4.95. The van der Waals surface area contributed by atoms with Gasteiger partial charge in [-0.2, -0.15) is 0 Å². The largest absolute Gasteiger partial charge is 0.413 e. The fourth-order valence-corrected chi connectivity index (χ4v) is 8.49. The summed E-state index contributed by atoms with van der Waals surface area (Å²) in [6, 6.07) is 0.